The molecule has 0 radical (unpaired) electrons. The maximum atomic E-state index is 12.0. The van der Waals surface area contributed by atoms with Crippen LogP contribution >= 0.6 is 11.6 Å². The highest BCUT2D eigenvalue weighted by Gasteiger charge is 2.42. The standard InChI is InChI=1S/C14H15ClN4O4/c1-17(8-19-13(22)12(21)18(2)14(19)23)7-11(20)16-10-6-4-3-5-9(10)15/h3-6H,7-8H2,1-2H3,(H,16,20). The lowest BCUT2D eigenvalue weighted by atomic mass is 10.3. The second-order valence-electron chi connectivity index (χ2n) is 5.06. The normalized spacial score (nSPS) is 14.9. The van der Waals surface area contributed by atoms with Crippen molar-refractivity contribution < 1.29 is 19.2 Å². The van der Waals surface area contributed by atoms with Gasteiger partial charge in [0.1, 0.15) is 0 Å². The van der Waals surface area contributed by atoms with Crippen molar-refractivity contribution in [2.75, 3.05) is 32.6 Å². The van der Waals surface area contributed by atoms with Crippen molar-refractivity contribution in [1.29, 1.82) is 0 Å². The highest BCUT2D eigenvalue weighted by atomic mass is 35.5. The van der Waals surface area contributed by atoms with Gasteiger partial charge in [0.05, 0.1) is 23.9 Å². The van der Waals surface area contributed by atoms with E-state index in [0.29, 0.717) is 10.7 Å². The van der Waals surface area contributed by atoms with Gasteiger partial charge in [-0.05, 0) is 19.2 Å². The molecule has 122 valence electrons. The van der Waals surface area contributed by atoms with Crippen LogP contribution < -0.4 is 5.32 Å². The minimum absolute atomic E-state index is 0.0831. The monoisotopic (exact) mass is 338 g/mol. The Balaban J connectivity index is 1.92. The molecule has 0 aromatic heterocycles. The molecule has 0 atom stereocenters. The summed E-state index contributed by atoms with van der Waals surface area (Å²) < 4.78 is 0. The number of amides is 5. The third-order valence-electron chi connectivity index (χ3n) is 3.19. The number of imide groups is 2. The number of halogens is 1. The first-order chi connectivity index (χ1) is 10.8. The molecule has 5 amide bonds. The Kier molecular flexibility index (Phi) is 4.97. The fourth-order valence-electron chi connectivity index (χ4n) is 2.03. The maximum absolute atomic E-state index is 12.0. The van der Waals surface area contributed by atoms with Crippen molar-refractivity contribution in [3.05, 3.63) is 29.3 Å². The number of hydrogen-bond acceptors (Lipinski definition) is 5. The molecule has 1 fully saturated rings. The number of nitrogens with zero attached hydrogens (tertiary/aromatic N) is 3. The highest BCUT2D eigenvalue weighted by Crippen LogP contribution is 2.20. The minimum Gasteiger partial charge on any atom is -0.324 e. The number of hydrogen-bond donors (Lipinski definition) is 1. The Bertz CT molecular complexity index is 678. The van der Waals surface area contributed by atoms with Crippen LogP contribution in [0, 0.1) is 0 Å². The number of urea groups is 1. The molecule has 1 aliphatic rings. The van der Waals surface area contributed by atoms with Gasteiger partial charge in [0.25, 0.3) is 0 Å². The summed E-state index contributed by atoms with van der Waals surface area (Å²) in [5.74, 6) is -2.15. The number of rotatable bonds is 5. The molecule has 0 unspecified atom stereocenters. The third-order valence-corrected chi connectivity index (χ3v) is 3.52. The van der Waals surface area contributed by atoms with Gasteiger partial charge in [0, 0.05) is 7.05 Å². The van der Waals surface area contributed by atoms with Crippen LogP contribution in [0.15, 0.2) is 24.3 Å². The second kappa shape index (κ2) is 6.76. The van der Waals surface area contributed by atoms with E-state index in [1.165, 1.54) is 11.9 Å². The quantitative estimate of drug-likeness (QED) is 0.627. The molecule has 23 heavy (non-hydrogen) atoms. The molecule has 1 heterocycles. The zero-order valence-corrected chi connectivity index (χ0v) is 13.3. The van der Waals surface area contributed by atoms with Gasteiger partial charge in [-0.25, -0.2) is 9.69 Å². The van der Waals surface area contributed by atoms with Crippen molar-refractivity contribution in [2.45, 2.75) is 0 Å². The first-order valence-corrected chi connectivity index (χ1v) is 7.05. The van der Waals surface area contributed by atoms with E-state index in [9.17, 15) is 19.2 Å². The summed E-state index contributed by atoms with van der Waals surface area (Å²) in [5.41, 5.74) is 0.468. The third kappa shape index (κ3) is 3.66. The van der Waals surface area contributed by atoms with Crippen molar-refractivity contribution in [1.82, 2.24) is 14.7 Å². The average molecular weight is 339 g/mol. The summed E-state index contributed by atoms with van der Waals surface area (Å²) in [6, 6.07) is 6.06. The average Bonchev–Trinajstić information content (AvgIpc) is 2.67. The molecule has 1 N–H and O–H groups in total. The molecule has 1 aliphatic heterocycles. The van der Waals surface area contributed by atoms with Gasteiger partial charge in [0.15, 0.2) is 0 Å². The summed E-state index contributed by atoms with van der Waals surface area (Å²) in [6.45, 7) is -0.246. The molecule has 8 nitrogen and oxygen atoms in total. The summed E-state index contributed by atoms with van der Waals surface area (Å²) >= 11 is 5.94. The highest BCUT2D eigenvalue weighted by molar-refractivity contribution is 6.44. The predicted octanol–water partition coefficient (Wildman–Crippen LogP) is 0.588. The van der Waals surface area contributed by atoms with Crippen molar-refractivity contribution in [3.63, 3.8) is 0 Å². The summed E-state index contributed by atoms with van der Waals surface area (Å²) in [4.78, 5) is 49.7. The van der Waals surface area contributed by atoms with Gasteiger partial charge in [0.2, 0.25) is 5.91 Å². The Hall–Kier alpha value is -2.45. The van der Waals surface area contributed by atoms with E-state index in [2.05, 4.69) is 5.32 Å². The molecule has 0 aliphatic carbocycles. The van der Waals surface area contributed by atoms with Crippen LogP contribution in [0.25, 0.3) is 0 Å². The SMILES string of the molecule is CN(CC(=O)Nc1ccccc1Cl)CN1C(=O)C(=O)N(C)C1=O. The molecule has 1 saturated heterocycles. The second-order valence-corrected chi connectivity index (χ2v) is 5.47. The van der Waals surface area contributed by atoms with Gasteiger partial charge in [-0.1, -0.05) is 23.7 Å². The first kappa shape index (κ1) is 16.9. The Labute approximate surface area is 137 Å². The van der Waals surface area contributed by atoms with Crippen molar-refractivity contribution in [2.24, 2.45) is 0 Å². The van der Waals surface area contributed by atoms with Gasteiger partial charge < -0.3 is 5.32 Å². The lowest BCUT2D eigenvalue weighted by molar-refractivity contribution is -0.143. The Morgan fingerprint density at radius 1 is 1.22 bits per heavy atom. The van der Waals surface area contributed by atoms with Crippen LogP contribution in [0.1, 0.15) is 0 Å². The summed E-state index contributed by atoms with van der Waals surface area (Å²) in [6.07, 6.45) is 0. The van der Waals surface area contributed by atoms with Crippen LogP contribution in [0.5, 0.6) is 0 Å². The van der Waals surface area contributed by atoms with E-state index in [1.807, 2.05) is 0 Å². The molecule has 0 saturated carbocycles. The fraction of sp³-hybridized carbons (Fsp3) is 0.286. The molecule has 1 aromatic carbocycles. The topological polar surface area (TPSA) is 90.0 Å². The van der Waals surface area contributed by atoms with E-state index < -0.39 is 17.8 Å². The Morgan fingerprint density at radius 3 is 2.43 bits per heavy atom. The van der Waals surface area contributed by atoms with E-state index in [4.69, 9.17) is 11.6 Å². The van der Waals surface area contributed by atoms with Gasteiger partial charge in [-0.2, -0.15) is 0 Å². The molecular formula is C14H15ClN4O4. The molecule has 9 heteroatoms. The van der Waals surface area contributed by atoms with E-state index in [1.54, 1.807) is 31.3 Å². The van der Waals surface area contributed by atoms with E-state index in [0.717, 1.165) is 9.80 Å². The molecule has 2 rings (SSSR count). The van der Waals surface area contributed by atoms with E-state index in [-0.39, 0.29) is 19.1 Å². The van der Waals surface area contributed by atoms with Gasteiger partial charge in [-0.3, -0.25) is 24.2 Å². The van der Waals surface area contributed by atoms with E-state index >= 15 is 0 Å². The smallest absolute Gasteiger partial charge is 0.324 e. The molecule has 0 spiro atoms. The summed E-state index contributed by atoms with van der Waals surface area (Å²) in [7, 11) is 2.78. The number of nitrogens with one attached hydrogen (secondary N) is 1. The zero-order chi connectivity index (χ0) is 17.1. The van der Waals surface area contributed by atoms with Crippen LogP contribution in [-0.4, -0.2) is 65.8 Å². The van der Waals surface area contributed by atoms with Gasteiger partial charge in [-0.15, -0.1) is 0 Å². The number of anilines is 1. The number of carbonyl (C=O) groups excluding carboxylic acids is 4. The largest absolute Gasteiger partial charge is 0.335 e. The van der Waals surface area contributed by atoms with Gasteiger partial charge >= 0.3 is 17.8 Å². The van der Waals surface area contributed by atoms with Crippen LogP contribution in [-0.2, 0) is 14.4 Å². The summed E-state index contributed by atoms with van der Waals surface area (Å²) in [5, 5.41) is 3.03. The molecule has 0 bridgehead atoms. The number of para-hydroxylation sites is 1. The van der Waals surface area contributed by atoms with Crippen LogP contribution in [0.3, 0.4) is 0 Å². The van der Waals surface area contributed by atoms with Crippen LogP contribution in [0.4, 0.5) is 10.5 Å². The fourth-order valence-corrected chi connectivity index (χ4v) is 2.21. The lowest BCUT2D eigenvalue weighted by Crippen LogP contribution is -2.43. The van der Waals surface area contributed by atoms with Crippen molar-refractivity contribution >= 4 is 41.0 Å². The van der Waals surface area contributed by atoms with Crippen LogP contribution in [0.2, 0.25) is 5.02 Å². The number of carbonyl (C=O) groups is 4. The molecule has 1 aromatic rings. The van der Waals surface area contributed by atoms with Crippen molar-refractivity contribution in [3.8, 4) is 0 Å². The maximum Gasteiger partial charge on any atom is 0.335 e. The predicted molar refractivity (Wildman–Crippen MR) is 82.6 cm³/mol. The number of likely N-dealkylation sites (N-methyl/N-ethyl adjacent to an activating group) is 2. The minimum atomic E-state index is -0.907. The zero-order valence-electron chi connectivity index (χ0n) is 12.6. The lowest BCUT2D eigenvalue weighted by Gasteiger charge is -2.21. The number of benzene rings is 1. The Morgan fingerprint density at radius 2 is 1.87 bits per heavy atom. The molecular weight excluding hydrogens is 324 g/mol. The first-order valence-electron chi connectivity index (χ1n) is 6.67.